The standard InChI is InChI=1S/C19H21NO6S3/c21-27(22)12-10-18(14-27)28(23,24)16-7-3-8-17(13-16)29(25,26)20-11-4-6-15-5-1-2-9-19(15)20/h1-3,5,7-9,13,18H,4,6,10-12,14H2/t18-/m1/s1. The molecule has 29 heavy (non-hydrogen) atoms. The first-order valence-corrected chi connectivity index (χ1v) is 14.1. The lowest BCUT2D eigenvalue weighted by Gasteiger charge is -2.30. The van der Waals surface area contributed by atoms with Crippen molar-refractivity contribution in [3.8, 4) is 0 Å². The third-order valence-corrected chi connectivity index (χ3v) is 11.4. The first kappa shape index (κ1) is 20.4. The van der Waals surface area contributed by atoms with Gasteiger partial charge in [0.2, 0.25) is 0 Å². The lowest BCUT2D eigenvalue weighted by Crippen LogP contribution is -2.35. The van der Waals surface area contributed by atoms with E-state index in [1.54, 1.807) is 12.1 Å². The van der Waals surface area contributed by atoms with Gasteiger partial charge < -0.3 is 0 Å². The van der Waals surface area contributed by atoms with Crippen molar-refractivity contribution in [2.24, 2.45) is 0 Å². The summed E-state index contributed by atoms with van der Waals surface area (Å²) in [6.07, 6.45) is 1.49. The van der Waals surface area contributed by atoms with Crippen LogP contribution < -0.4 is 4.31 Å². The van der Waals surface area contributed by atoms with Gasteiger partial charge in [-0.1, -0.05) is 24.3 Å². The summed E-state index contributed by atoms with van der Waals surface area (Å²) in [5.41, 5.74) is 1.54. The Kier molecular flexibility index (Phi) is 4.99. The van der Waals surface area contributed by atoms with Crippen LogP contribution in [0.5, 0.6) is 0 Å². The predicted octanol–water partition coefficient (Wildman–Crippen LogP) is 1.79. The maximum Gasteiger partial charge on any atom is 0.264 e. The highest BCUT2D eigenvalue weighted by Gasteiger charge is 2.38. The highest BCUT2D eigenvalue weighted by molar-refractivity contribution is 7.96. The van der Waals surface area contributed by atoms with Crippen LogP contribution in [-0.4, -0.2) is 48.6 Å². The van der Waals surface area contributed by atoms with Crippen LogP contribution in [0.15, 0.2) is 58.3 Å². The van der Waals surface area contributed by atoms with Gasteiger partial charge in [-0.2, -0.15) is 0 Å². The molecule has 156 valence electrons. The zero-order valence-electron chi connectivity index (χ0n) is 15.6. The third kappa shape index (κ3) is 3.69. The van der Waals surface area contributed by atoms with Gasteiger partial charge in [-0.3, -0.25) is 4.31 Å². The van der Waals surface area contributed by atoms with Crippen molar-refractivity contribution < 1.29 is 25.3 Å². The summed E-state index contributed by atoms with van der Waals surface area (Å²) >= 11 is 0. The van der Waals surface area contributed by atoms with Gasteiger partial charge in [-0.25, -0.2) is 25.3 Å². The van der Waals surface area contributed by atoms with Crippen molar-refractivity contribution >= 4 is 35.4 Å². The lowest BCUT2D eigenvalue weighted by atomic mass is 10.0. The first-order chi connectivity index (χ1) is 13.6. The maximum absolute atomic E-state index is 13.3. The SMILES string of the molecule is O=S1(=O)CC[C@@H](S(=O)(=O)c2cccc(S(=O)(=O)N3CCCc4ccccc43)c2)C1. The molecule has 0 bridgehead atoms. The fourth-order valence-corrected chi connectivity index (χ4v) is 9.95. The summed E-state index contributed by atoms with van der Waals surface area (Å²) in [5.74, 6) is -0.592. The molecule has 0 unspecified atom stereocenters. The molecule has 2 heterocycles. The number of nitrogens with zero attached hydrogens (tertiary/aromatic N) is 1. The van der Waals surface area contributed by atoms with Crippen LogP contribution in [0.25, 0.3) is 0 Å². The van der Waals surface area contributed by atoms with Gasteiger partial charge in [-0.05, 0) is 49.1 Å². The van der Waals surface area contributed by atoms with Crippen molar-refractivity contribution in [3.63, 3.8) is 0 Å². The minimum Gasteiger partial charge on any atom is -0.266 e. The Balaban J connectivity index is 1.73. The normalized spacial score (nSPS) is 21.7. The number of fused-ring (bicyclic) bond motifs is 1. The minimum atomic E-state index is -3.95. The molecule has 4 rings (SSSR count). The molecule has 2 aromatic carbocycles. The molecule has 0 N–H and O–H groups in total. The fraction of sp³-hybridized carbons (Fsp3) is 0.368. The Morgan fingerprint density at radius 3 is 2.38 bits per heavy atom. The highest BCUT2D eigenvalue weighted by Crippen LogP contribution is 2.33. The van der Waals surface area contributed by atoms with Crippen molar-refractivity contribution in [2.75, 3.05) is 22.4 Å². The molecule has 7 nitrogen and oxygen atoms in total. The monoisotopic (exact) mass is 455 g/mol. The van der Waals surface area contributed by atoms with Gasteiger partial charge in [0, 0.05) is 6.54 Å². The zero-order chi connectivity index (χ0) is 20.9. The largest absolute Gasteiger partial charge is 0.266 e. The Labute approximate surface area is 171 Å². The molecule has 1 fully saturated rings. The van der Waals surface area contributed by atoms with Crippen LogP contribution in [-0.2, 0) is 36.1 Å². The van der Waals surface area contributed by atoms with Gasteiger partial charge >= 0.3 is 0 Å². The van der Waals surface area contributed by atoms with Crippen molar-refractivity contribution in [2.45, 2.75) is 34.3 Å². The van der Waals surface area contributed by atoms with Crippen LogP contribution in [0.3, 0.4) is 0 Å². The van der Waals surface area contributed by atoms with Crippen LogP contribution >= 0.6 is 0 Å². The quantitative estimate of drug-likeness (QED) is 0.696. The summed E-state index contributed by atoms with van der Waals surface area (Å²) < 4.78 is 77.1. The molecule has 1 atom stereocenters. The number of benzene rings is 2. The van der Waals surface area contributed by atoms with Crippen molar-refractivity contribution in [1.82, 2.24) is 0 Å². The molecule has 0 amide bonds. The second-order valence-corrected chi connectivity index (χ2v) is 13.7. The average Bonchev–Trinajstić information content (AvgIpc) is 3.08. The Morgan fingerprint density at radius 1 is 0.931 bits per heavy atom. The zero-order valence-corrected chi connectivity index (χ0v) is 18.0. The summed E-state index contributed by atoms with van der Waals surface area (Å²) in [4.78, 5) is -0.276. The number of aryl methyl sites for hydroxylation is 1. The molecular formula is C19H21NO6S3. The molecule has 0 aliphatic carbocycles. The summed E-state index contributed by atoms with van der Waals surface area (Å²) in [6.45, 7) is 0.317. The van der Waals surface area contributed by atoms with Gasteiger partial charge in [-0.15, -0.1) is 0 Å². The van der Waals surface area contributed by atoms with E-state index in [1.165, 1.54) is 22.5 Å². The van der Waals surface area contributed by atoms with Crippen molar-refractivity contribution in [3.05, 3.63) is 54.1 Å². The van der Waals surface area contributed by atoms with Crippen molar-refractivity contribution in [1.29, 1.82) is 0 Å². The third-order valence-electron chi connectivity index (χ3n) is 5.42. The fourth-order valence-electron chi connectivity index (χ4n) is 3.89. The van der Waals surface area contributed by atoms with E-state index < -0.39 is 40.7 Å². The number of hydrogen-bond donors (Lipinski definition) is 0. The molecule has 0 radical (unpaired) electrons. The minimum absolute atomic E-state index is 0.0289. The smallest absolute Gasteiger partial charge is 0.264 e. The molecule has 0 aromatic heterocycles. The Hall–Kier alpha value is -1.91. The van der Waals surface area contributed by atoms with Crippen LogP contribution in [0.1, 0.15) is 18.4 Å². The van der Waals surface area contributed by atoms with E-state index in [0.717, 1.165) is 18.1 Å². The summed E-state index contributed by atoms with van der Waals surface area (Å²) in [6, 6.07) is 12.5. The van der Waals surface area contributed by atoms with Gasteiger partial charge in [0.05, 0.1) is 32.2 Å². The number of para-hydroxylation sites is 1. The number of sulfone groups is 2. The van der Waals surface area contributed by atoms with E-state index in [4.69, 9.17) is 0 Å². The number of sulfonamides is 1. The molecular weight excluding hydrogens is 434 g/mol. The van der Waals surface area contributed by atoms with Crippen LogP contribution in [0.2, 0.25) is 0 Å². The summed E-state index contributed by atoms with van der Waals surface area (Å²) in [7, 11) is -11.3. The van der Waals surface area contributed by atoms with E-state index in [0.29, 0.717) is 18.7 Å². The number of hydrogen-bond acceptors (Lipinski definition) is 6. The molecule has 10 heteroatoms. The van der Waals surface area contributed by atoms with Gasteiger partial charge in [0.15, 0.2) is 19.7 Å². The average molecular weight is 456 g/mol. The van der Waals surface area contributed by atoms with E-state index in [2.05, 4.69) is 0 Å². The summed E-state index contributed by atoms with van der Waals surface area (Å²) in [5, 5.41) is -1.04. The predicted molar refractivity (Wildman–Crippen MR) is 110 cm³/mol. The topological polar surface area (TPSA) is 106 Å². The second kappa shape index (κ2) is 7.10. The second-order valence-electron chi connectivity index (χ2n) is 7.35. The van der Waals surface area contributed by atoms with E-state index in [1.807, 2.05) is 12.1 Å². The van der Waals surface area contributed by atoms with Gasteiger partial charge in [0.25, 0.3) is 10.0 Å². The highest BCUT2D eigenvalue weighted by atomic mass is 32.2. The maximum atomic E-state index is 13.3. The van der Waals surface area contributed by atoms with E-state index in [-0.39, 0.29) is 22.0 Å². The van der Waals surface area contributed by atoms with Crippen LogP contribution in [0, 0.1) is 0 Å². The van der Waals surface area contributed by atoms with E-state index in [9.17, 15) is 25.3 Å². The first-order valence-electron chi connectivity index (χ1n) is 9.26. The van der Waals surface area contributed by atoms with E-state index >= 15 is 0 Å². The number of anilines is 1. The molecule has 2 aliphatic rings. The Morgan fingerprint density at radius 2 is 1.66 bits per heavy atom. The lowest BCUT2D eigenvalue weighted by molar-refractivity contribution is 0.581. The Bertz CT molecular complexity index is 1270. The number of rotatable bonds is 4. The molecule has 1 saturated heterocycles. The van der Waals surface area contributed by atoms with Gasteiger partial charge in [0.1, 0.15) is 0 Å². The molecule has 2 aliphatic heterocycles. The molecule has 0 spiro atoms. The molecule has 2 aromatic rings. The van der Waals surface area contributed by atoms with Crippen LogP contribution in [0.4, 0.5) is 5.69 Å². The molecule has 0 saturated carbocycles.